The fraction of sp³-hybridized carbons (Fsp3) is 0.333. The van der Waals surface area contributed by atoms with E-state index in [0.29, 0.717) is 71.5 Å². The Kier molecular flexibility index (Phi) is 39.6. The molecule has 1 N–H and O–H groups in total. The summed E-state index contributed by atoms with van der Waals surface area (Å²) in [5.41, 5.74) is 18.6. The van der Waals surface area contributed by atoms with Gasteiger partial charge in [-0.3, -0.25) is 9.97 Å². The number of nitrogens with zero attached hydrogens (tertiary/aromatic N) is 14. The smallest absolute Gasteiger partial charge is 0.143 e. The SMILES string of the molecule is C.CC(C)c1cc(-c2ccccc2)no1.CC(C)c1cc(-c2ccccn2)no1.CC(C)c1cc(-c2cccnc2)no1.CC(C)c1ncc(-c2ccccc2Cl)s1.CC(C)c1ncc(N2CC(C)(F)C2)s1.Cc1ccc(-c2cc(C(C)C)on2)c(Cl)c1.Cc1ccc(-c2cc(C(C)C)on2)cc1.Cc1ccc(-c2cn(C(C)C)nn2)cc1.Cc1ccc(-c2cnc(C(C)C)[nH]2)cc1. The summed E-state index contributed by atoms with van der Waals surface area (Å²) in [6.45, 7) is 48.7. The van der Waals surface area contributed by atoms with Gasteiger partial charge in [-0.25, -0.2) is 24.0 Å². The van der Waals surface area contributed by atoms with Gasteiger partial charge >= 0.3 is 0 Å². The maximum Gasteiger partial charge on any atom is 0.143 e. The molecule has 133 heavy (non-hydrogen) atoms. The number of benzene rings is 6. The van der Waals surface area contributed by atoms with Crippen molar-refractivity contribution in [3.63, 3.8) is 0 Å². The van der Waals surface area contributed by atoms with Crippen molar-refractivity contribution >= 4 is 50.9 Å². The predicted octanol–water partition coefficient (Wildman–Crippen LogP) is 31.8. The van der Waals surface area contributed by atoms with Crippen LogP contribution in [0.25, 0.3) is 89.4 Å². The van der Waals surface area contributed by atoms with Crippen molar-refractivity contribution in [1.29, 1.82) is 0 Å². The maximum atomic E-state index is 13.2. The highest BCUT2D eigenvalue weighted by atomic mass is 35.5. The van der Waals surface area contributed by atoms with E-state index in [1.54, 1.807) is 48.2 Å². The Hall–Kier alpha value is -12.4. The Morgan fingerprint density at radius 3 is 1.26 bits per heavy atom. The lowest BCUT2D eigenvalue weighted by Gasteiger charge is -2.42. The van der Waals surface area contributed by atoms with Gasteiger partial charge in [0.2, 0.25) is 0 Å². The third-order valence-electron chi connectivity index (χ3n) is 20.6. The molecule has 25 heteroatoms. The van der Waals surface area contributed by atoms with Crippen molar-refractivity contribution in [1.82, 2.24) is 70.7 Å². The minimum absolute atomic E-state index is 0. The summed E-state index contributed by atoms with van der Waals surface area (Å²) in [5.74, 6) is 8.83. The molecule has 698 valence electrons. The molecule has 6 aromatic carbocycles. The molecule has 12 heterocycles. The van der Waals surface area contributed by atoms with Gasteiger partial charge in [0.25, 0.3) is 0 Å². The lowest BCUT2D eigenvalue weighted by atomic mass is 10.00. The third kappa shape index (κ3) is 31.6. The number of halogens is 3. The summed E-state index contributed by atoms with van der Waals surface area (Å²) in [5, 5.41) is 33.2. The molecule has 18 rings (SSSR count). The Balaban J connectivity index is 0.000000168. The summed E-state index contributed by atoms with van der Waals surface area (Å²) >= 11 is 15.7. The minimum Gasteiger partial charge on any atom is -0.361 e. The van der Waals surface area contributed by atoms with Crippen LogP contribution in [0.4, 0.5) is 9.39 Å². The standard InChI is InChI=1S/C13H14ClNO.C13H16N2.C13H15NO.C12H12ClNS.C12H15N3.C12H13NO.2C11H12N2O.C10H15FN2S.CH4/c1-8(2)13-7-12(15-16-13)10-5-4-9(3)6-11(10)14;1-9(2)13-14-8-12(15-13)11-6-4-10(3)5-7-11;1-9(2)13-8-12(14-15-13)11-6-4-10(3)5-7-11;1-8(2)12-14-7-11(15-12)9-5-3-4-6-10(9)13;1-9(2)15-8-12(13-14-15)11-6-4-10(3)5-7-11;1-9(2)12-8-11(13-14-12)10-6-4-3-5-7-10;1-8(2)11-6-10(13-14-11)9-4-3-5-12-7-9;1-8(2)11-7-10(13-14-11)9-5-3-4-6-12-9;1-7(2)9-12-4-8(14-9)13-5-10(3,11)6-13;/h4-8H,1-3H3;4-9H,1-3H3,(H,14,15);4-9H,1-3H3;3-8H,1-2H3;4-9H,1-3H3;3-9H,1-2H3;2*3-8H,1-2H3;4,7H,5-6H2,1-3H3;1H4. The zero-order valence-corrected chi connectivity index (χ0v) is 83.2. The summed E-state index contributed by atoms with van der Waals surface area (Å²) in [6.07, 6.45) is 12.9. The van der Waals surface area contributed by atoms with Crippen LogP contribution in [0.2, 0.25) is 10.0 Å². The van der Waals surface area contributed by atoms with Gasteiger partial charge in [0.15, 0.2) is 0 Å². The molecule has 17 aromatic rings. The first-order valence-electron chi connectivity index (χ1n) is 44.8. The largest absolute Gasteiger partial charge is 0.361 e. The van der Waals surface area contributed by atoms with Crippen molar-refractivity contribution in [2.45, 2.75) is 226 Å². The Morgan fingerprint density at radius 2 is 0.820 bits per heavy atom. The van der Waals surface area contributed by atoms with Crippen LogP contribution in [0.3, 0.4) is 0 Å². The van der Waals surface area contributed by atoms with Gasteiger partial charge in [-0.1, -0.05) is 329 Å². The molecule has 0 radical (unpaired) electrons. The predicted molar refractivity (Wildman–Crippen MR) is 545 cm³/mol. The van der Waals surface area contributed by atoms with Crippen LogP contribution in [0, 0.1) is 27.7 Å². The van der Waals surface area contributed by atoms with Gasteiger partial charge in [0.1, 0.15) is 79.5 Å². The Labute approximate surface area is 802 Å². The van der Waals surface area contributed by atoms with Crippen molar-refractivity contribution < 1.29 is 27.0 Å². The van der Waals surface area contributed by atoms with E-state index in [1.807, 2.05) is 175 Å². The van der Waals surface area contributed by atoms with Crippen LogP contribution >= 0.6 is 45.9 Å². The summed E-state index contributed by atoms with van der Waals surface area (Å²) in [6, 6.07) is 68.7. The van der Waals surface area contributed by atoms with Crippen molar-refractivity contribution in [2.24, 2.45) is 0 Å². The maximum absolute atomic E-state index is 13.2. The number of aromatic nitrogens is 14. The second-order valence-corrected chi connectivity index (χ2v) is 38.3. The number of alkyl halides is 1. The number of aromatic amines is 1. The molecular weight excluding hydrogens is 1740 g/mol. The first-order chi connectivity index (χ1) is 63.0. The molecule has 0 spiro atoms. The first kappa shape index (κ1) is 104. The number of nitrogens with one attached hydrogen (secondary N) is 1. The van der Waals surface area contributed by atoms with E-state index in [0.717, 1.165) is 144 Å². The van der Waals surface area contributed by atoms with Gasteiger partial charge < -0.3 is 32.5 Å². The first-order valence-corrected chi connectivity index (χ1v) is 47.2. The molecule has 0 unspecified atom stereocenters. The van der Waals surface area contributed by atoms with Crippen molar-refractivity contribution in [3.8, 4) is 89.4 Å². The van der Waals surface area contributed by atoms with Crippen molar-refractivity contribution in [3.05, 3.63) is 327 Å². The second-order valence-electron chi connectivity index (χ2n) is 35.4. The van der Waals surface area contributed by atoms with Gasteiger partial charge in [-0.2, -0.15) is 0 Å². The molecule has 20 nitrogen and oxygen atoms in total. The molecule has 1 fully saturated rings. The lowest BCUT2D eigenvalue weighted by Crippen LogP contribution is -2.57. The third-order valence-corrected chi connectivity index (χ3v) is 23.9. The zero-order valence-electron chi connectivity index (χ0n) is 80.0. The number of aryl methyl sites for hydroxylation is 4. The summed E-state index contributed by atoms with van der Waals surface area (Å²) in [7, 11) is 0. The van der Waals surface area contributed by atoms with Crippen LogP contribution < -0.4 is 4.90 Å². The molecular formula is C108H128Cl2FN15O5S2. The average molecular weight is 1870 g/mol. The number of anilines is 1. The quantitative estimate of drug-likeness (QED) is 0.0839. The highest BCUT2D eigenvalue weighted by Gasteiger charge is 2.40. The monoisotopic (exact) mass is 1870 g/mol. The van der Waals surface area contributed by atoms with Crippen LogP contribution in [-0.2, 0) is 0 Å². The van der Waals surface area contributed by atoms with E-state index in [4.69, 9.17) is 45.8 Å². The molecule has 0 atom stereocenters. The molecule has 0 bridgehead atoms. The summed E-state index contributed by atoms with van der Waals surface area (Å²) < 4.78 is 41.3. The molecule has 0 aliphatic carbocycles. The lowest BCUT2D eigenvalue weighted by molar-refractivity contribution is 0.145. The number of hydrogen-bond acceptors (Lipinski definition) is 20. The molecule has 0 amide bonds. The van der Waals surface area contributed by atoms with Gasteiger partial charge in [0, 0.05) is 147 Å². The van der Waals surface area contributed by atoms with E-state index in [2.05, 4.69) is 284 Å². The topological polar surface area (TPSA) is 244 Å². The highest BCUT2D eigenvalue weighted by Crippen LogP contribution is 2.38. The van der Waals surface area contributed by atoms with Gasteiger partial charge in [-0.15, -0.1) is 27.8 Å². The van der Waals surface area contributed by atoms with E-state index >= 15 is 0 Å². The van der Waals surface area contributed by atoms with Crippen molar-refractivity contribution in [2.75, 3.05) is 18.0 Å². The Bertz CT molecular complexity index is 5830. The molecule has 1 aliphatic heterocycles. The molecule has 0 saturated carbocycles. The van der Waals surface area contributed by atoms with Crippen LogP contribution in [0.5, 0.6) is 0 Å². The van der Waals surface area contributed by atoms with E-state index in [1.165, 1.54) is 22.3 Å². The fourth-order valence-corrected chi connectivity index (χ4v) is 15.0. The number of imidazole rings is 1. The van der Waals surface area contributed by atoms with Crippen LogP contribution in [0.15, 0.2) is 272 Å². The average Bonchev–Trinajstić information content (AvgIpc) is 1.75. The highest BCUT2D eigenvalue weighted by molar-refractivity contribution is 7.16. The second kappa shape index (κ2) is 50.4. The van der Waals surface area contributed by atoms with Gasteiger partial charge in [-0.05, 0) is 96.0 Å². The fourth-order valence-electron chi connectivity index (χ4n) is 12.5. The number of hydrogen-bond donors (Lipinski definition) is 1. The van der Waals surface area contributed by atoms with Crippen LogP contribution in [0.1, 0.15) is 259 Å². The summed E-state index contributed by atoms with van der Waals surface area (Å²) in [4.78, 5) is 27.8. The molecule has 11 aromatic heterocycles. The zero-order chi connectivity index (χ0) is 95.3. The number of pyridine rings is 2. The van der Waals surface area contributed by atoms with E-state index in [-0.39, 0.29) is 7.43 Å². The number of rotatable bonds is 18. The van der Waals surface area contributed by atoms with E-state index < -0.39 is 5.67 Å². The normalized spacial score (nSPS) is 11.8. The van der Waals surface area contributed by atoms with E-state index in [9.17, 15) is 4.39 Å². The van der Waals surface area contributed by atoms with Crippen LogP contribution in [-0.4, -0.2) is 89.4 Å². The molecule has 1 aliphatic rings. The minimum atomic E-state index is -0.998. The van der Waals surface area contributed by atoms with Gasteiger partial charge in [0.05, 0.1) is 63.0 Å². The number of thiazole rings is 2. The molecule has 1 saturated heterocycles. The number of H-pyrrole nitrogens is 1. The Morgan fingerprint density at radius 1 is 0.376 bits per heavy atom.